The summed E-state index contributed by atoms with van der Waals surface area (Å²) in [5.74, 6) is 0. The lowest BCUT2D eigenvalue weighted by Crippen LogP contribution is -1.92. The van der Waals surface area contributed by atoms with Gasteiger partial charge in [-0.25, -0.2) is 8.78 Å². The summed E-state index contributed by atoms with van der Waals surface area (Å²) in [4.78, 5) is 3.57. The van der Waals surface area contributed by atoms with E-state index in [4.69, 9.17) is 0 Å². The number of nitrogens with zero attached hydrogens (tertiary/aromatic N) is 1. The van der Waals surface area contributed by atoms with Crippen molar-refractivity contribution < 1.29 is 8.78 Å². The molecule has 0 spiro atoms. The van der Waals surface area contributed by atoms with Gasteiger partial charge in [0.05, 0.1) is 0 Å². The van der Waals surface area contributed by atoms with Crippen LogP contribution in [0.2, 0.25) is 0 Å². The van der Waals surface area contributed by atoms with Crippen molar-refractivity contribution >= 4 is 31.9 Å². The summed E-state index contributed by atoms with van der Waals surface area (Å²) in [6, 6.07) is 1.38. The number of halogens is 4. The van der Waals surface area contributed by atoms with Crippen LogP contribution in [0.3, 0.4) is 0 Å². The SMILES string of the molecule is FC(F)c1cc(CBr)c(Br)cn1. The summed E-state index contributed by atoms with van der Waals surface area (Å²) in [7, 11) is 0. The second kappa shape index (κ2) is 4.28. The van der Waals surface area contributed by atoms with Crippen LogP contribution in [0, 0.1) is 0 Å². The summed E-state index contributed by atoms with van der Waals surface area (Å²) in [5.41, 5.74) is 0.591. The predicted octanol–water partition coefficient (Wildman–Crippen LogP) is 3.68. The highest BCUT2D eigenvalue weighted by molar-refractivity contribution is 9.10. The molecule has 12 heavy (non-hydrogen) atoms. The van der Waals surface area contributed by atoms with Crippen LogP contribution in [0.1, 0.15) is 17.7 Å². The molecule has 0 saturated carbocycles. The monoisotopic (exact) mass is 299 g/mol. The zero-order valence-electron chi connectivity index (χ0n) is 5.90. The van der Waals surface area contributed by atoms with Crippen LogP contribution in [0.4, 0.5) is 8.78 Å². The molecule has 66 valence electrons. The Bertz CT molecular complexity index is 278. The standard InChI is InChI=1S/C7H5Br2F2N/c8-2-4-1-6(7(10)11)12-3-5(4)9/h1,3,7H,2H2. The Balaban J connectivity index is 3.05. The van der Waals surface area contributed by atoms with Crippen molar-refractivity contribution in [3.8, 4) is 0 Å². The van der Waals surface area contributed by atoms with E-state index in [-0.39, 0.29) is 5.69 Å². The molecule has 0 unspecified atom stereocenters. The third-order valence-electron chi connectivity index (χ3n) is 1.32. The number of hydrogen-bond donors (Lipinski definition) is 0. The molecule has 0 amide bonds. The zero-order chi connectivity index (χ0) is 9.14. The highest BCUT2D eigenvalue weighted by Gasteiger charge is 2.10. The highest BCUT2D eigenvalue weighted by Crippen LogP contribution is 2.23. The van der Waals surface area contributed by atoms with E-state index in [0.29, 0.717) is 5.33 Å². The second-order valence-corrected chi connectivity index (χ2v) is 3.55. The molecule has 0 aliphatic heterocycles. The molecule has 5 heteroatoms. The van der Waals surface area contributed by atoms with Gasteiger partial charge >= 0.3 is 0 Å². The topological polar surface area (TPSA) is 12.9 Å². The van der Waals surface area contributed by atoms with Gasteiger partial charge in [0.25, 0.3) is 6.43 Å². The quantitative estimate of drug-likeness (QED) is 0.759. The Morgan fingerprint density at radius 1 is 1.50 bits per heavy atom. The van der Waals surface area contributed by atoms with Crippen LogP contribution in [0.5, 0.6) is 0 Å². The second-order valence-electron chi connectivity index (χ2n) is 2.13. The Hall–Kier alpha value is -0.0300. The predicted molar refractivity (Wildman–Crippen MR) is 49.5 cm³/mol. The van der Waals surface area contributed by atoms with Crippen LogP contribution in [0.25, 0.3) is 0 Å². The summed E-state index contributed by atoms with van der Waals surface area (Å²) >= 11 is 6.39. The van der Waals surface area contributed by atoms with Crippen LogP contribution in [-0.4, -0.2) is 4.98 Å². The van der Waals surface area contributed by atoms with Crippen molar-refractivity contribution in [3.05, 3.63) is 28.0 Å². The van der Waals surface area contributed by atoms with E-state index in [1.54, 1.807) is 0 Å². The van der Waals surface area contributed by atoms with Gasteiger partial charge in [-0.3, -0.25) is 4.98 Å². The van der Waals surface area contributed by atoms with Crippen molar-refractivity contribution in [2.24, 2.45) is 0 Å². The van der Waals surface area contributed by atoms with E-state index in [1.165, 1.54) is 12.3 Å². The summed E-state index contributed by atoms with van der Waals surface area (Å²) in [5, 5.41) is 0.538. The summed E-state index contributed by atoms with van der Waals surface area (Å²) < 4.78 is 25.0. The van der Waals surface area contributed by atoms with E-state index in [9.17, 15) is 8.78 Å². The minimum Gasteiger partial charge on any atom is -0.254 e. The van der Waals surface area contributed by atoms with Crippen molar-refractivity contribution in [2.75, 3.05) is 0 Å². The maximum atomic E-state index is 12.1. The Morgan fingerprint density at radius 2 is 2.17 bits per heavy atom. The maximum Gasteiger partial charge on any atom is 0.280 e. The molecule has 0 aromatic carbocycles. The van der Waals surface area contributed by atoms with E-state index in [2.05, 4.69) is 36.8 Å². The van der Waals surface area contributed by atoms with Crippen molar-refractivity contribution in [3.63, 3.8) is 0 Å². The first-order valence-electron chi connectivity index (χ1n) is 3.13. The highest BCUT2D eigenvalue weighted by atomic mass is 79.9. The Kier molecular flexibility index (Phi) is 3.58. The van der Waals surface area contributed by atoms with Crippen LogP contribution >= 0.6 is 31.9 Å². The molecule has 0 N–H and O–H groups in total. The van der Waals surface area contributed by atoms with E-state index >= 15 is 0 Å². The number of alkyl halides is 3. The fourth-order valence-corrected chi connectivity index (χ4v) is 1.92. The fraction of sp³-hybridized carbons (Fsp3) is 0.286. The average Bonchev–Trinajstić information content (AvgIpc) is 2.05. The molecule has 0 aliphatic carbocycles. The summed E-state index contributed by atoms with van der Waals surface area (Å²) in [6.07, 6.45) is -1.12. The van der Waals surface area contributed by atoms with Crippen molar-refractivity contribution in [1.82, 2.24) is 4.98 Å². The largest absolute Gasteiger partial charge is 0.280 e. The first-order valence-corrected chi connectivity index (χ1v) is 5.05. The van der Waals surface area contributed by atoms with Gasteiger partial charge in [0.1, 0.15) is 5.69 Å². The van der Waals surface area contributed by atoms with Crippen molar-refractivity contribution in [1.29, 1.82) is 0 Å². The first kappa shape index (κ1) is 10.1. The number of hydrogen-bond acceptors (Lipinski definition) is 1. The fourth-order valence-electron chi connectivity index (χ4n) is 0.721. The van der Waals surface area contributed by atoms with Crippen molar-refractivity contribution in [2.45, 2.75) is 11.8 Å². The molecule has 0 radical (unpaired) electrons. The molecule has 1 aromatic heterocycles. The lowest BCUT2D eigenvalue weighted by Gasteiger charge is -2.02. The third kappa shape index (κ3) is 2.23. The van der Waals surface area contributed by atoms with Gasteiger partial charge in [0, 0.05) is 16.0 Å². The normalized spacial score (nSPS) is 10.8. The number of aromatic nitrogens is 1. The third-order valence-corrected chi connectivity index (χ3v) is 2.64. The molecule has 1 rings (SSSR count). The van der Waals surface area contributed by atoms with Gasteiger partial charge in [-0.05, 0) is 27.6 Å². The van der Waals surface area contributed by atoms with Crippen LogP contribution in [0.15, 0.2) is 16.7 Å². The first-order chi connectivity index (χ1) is 5.65. The zero-order valence-corrected chi connectivity index (χ0v) is 9.07. The molecule has 0 aliphatic rings. The smallest absolute Gasteiger partial charge is 0.254 e. The van der Waals surface area contributed by atoms with Crippen LogP contribution < -0.4 is 0 Å². The minimum absolute atomic E-state index is 0.187. The average molecular weight is 301 g/mol. The molecule has 0 saturated heterocycles. The molecule has 0 bridgehead atoms. The van der Waals surface area contributed by atoms with Gasteiger partial charge in [0.2, 0.25) is 0 Å². The Labute approximate surface area is 85.4 Å². The van der Waals surface area contributed by atoms with Gasteiger partial charge in [-0.1, -0.05) is 15.9 Å². The lowest BCUT2D eigenvalue weighted by atomic mass is 10.2. The van der Waals surface area contributed by atoms with Gasteiger partial charge < -0.3 is 0 Å². The lowest BCUT2D eigenvalue weighted by molar-refractivity contribution is 0.146. The maximum absolute atomic E-state index is 12.1. The summed E-state index contributed by atoms with van der Waals surface area (Å²) in [6.45, 7) is 0. The van der Waals surface area contributed by atoms with E-state index < -0.39 is 6.43 Å². The molecule has 0 fully saturated rings. The van der Waals surface area contributed by atoms with E-state index in [1.807, 2.05) is 0 Å². The Morgan fingerprint density at radius 3 is 2.67 bits per heavy atom. The van der Waals surface area contributed by atoms with E-state index in [0.717, 1.165) is 10.0 Å². The molecular weight excluding hydrogens is 296 g/mol. The molecule has 1 heterocycles. The molecule has 1 nitrogen and oxygen atoms in total. The number of rotatable bonds is 2. The minimum atomic E-state index is -2.50. The number of pyridine rings is 1. The molecular formula is C7H5Br2F2N. The van der Waals surface area contributed by atoms with Gasteiger partial charge in [-0.2, -0.15) is 0 Å². The van der Waals surface area contributed by atoms with Crippen LogP contribution in [-0.2, 0) is 5.33 Å². The van der Waals surface area contributed by atoms with Gasteiger partial charge in [0.15, 0.2) is 0 Å². The van der Waals surface area contributed by atoms with Gasteiger partial charge in [-0.15, -0.1) is 0 Å². The molecule has 0 atom stereocenters. The molecule has 1 aromatic rings.